The summed E-state index contributed by atoms with van der Waals surface area (Å²) in [6.45, 7) is 9.31. The summed E-state index contributed by atoms with van der Waals surface area (Å²) in [5.74, 6) is 2.72. The molecule has 1 radical (unpaired) electrons. The summed E-state index contributed by atoms with van der Waals surface area (Å²) in [5, 5.41) is 0. The molecule has 0 aliphatic rings. The van der Waals surface area contributed by atoms with Gasteiger partial charge in [0.1, 0.15) is 0 Å². The molecule has 0 heterocycles. The van der Waals surface area contributed by atoms with E-state index in [2.05, 4.69) is 27.7 Å². The Morgan fingerprint density at radius 1 is 0.667 bits per heavy atom. The summed E-state index contributed by atoms with van der Waals surface area (Å²) in [7, 11) is 0. The summed E-state index contributed by atoms with van der Waals surface area (Å²) in [5.41, 5.74) is 0. The summed E-state index contributed by atoms with van der Waals surface area (Å²) < 4.78 is 0. The van der Waals surface area contributed by atoms with Crippen LogP contribution in [-0.4, -0.2) is 0 Å². The molecule has 0 bridgehead atoms. The van der Waals surface area contributed by atoms with E-state index in [0.29, 0.717) is 0 Å². The van der Waals surface area contributed by atoms with E-state index < -0.39 is 0 Å². The predicted molar refractivity (Wildman–Crippen MR) is 84.8 cm³/mol. The van der Waals surface area contributed by atoms with Gasteiger partial charge in [-0.1, -0.05) is 85.5 Å². The molecule has 0 rings (SSSR count). The zero-order valence-corrected chi connectivity index (χ0v) is 13.6. The summed E-state index contributed by atoms with van der Waals surface area (Å²) >= 11 is 0. The van der Waals surface area contributed by atoms with Crippen molar-refractivity contribution in [2.24, 2.45) is 5.92 Å². The van der Waals surface area contributed by atoms with Crippen molar-refractivity contribution in [3.8, 4) is 0 Å². The van der Waals surface area contributed by atoms with Crippen LogP contribution in [0.15, 0.2) is 0 Å². The van der Waals surface area contributed by atoms with Crippen LogP contribution in [0.2, 0.25) is 0 Å². The molecule has 0 heteroatoms. The molecule has 1 atom stereocenters. The van der Waals surface area contributed by atoms with Crippen LogP contribution in [0.25, 0.3) is 0 Å². The van der Waals surface area contributed by atoms with Crippen molar-refractivity contribution in [1.29, 1.82) is 0 Å². The smallest absolute Gasteiger partial charge is 0.0216 e. The molecule has 0 aromatic rings. The topological polar surface area (TPSA) is 0 Å². The highest BCUT2D eigenvalue weighted by Gasteiger charge is 2.16. The average molecular weight is 253 g/mol. The zero-order chi connectivity index (χ0) is 13.6. The van der Waals surface area contributed by atoms with Crippen LogP contribution in [0, 0.1) is 11.8 Å². The van der Waals surface area contributed by atoms with Gasteiger partial charge in [-0.15, -0.1) is 0 Å². The first-order chi connectivity index (χ1) is 8.79. The molecule has 0 aliphatic carbocycles. The van der Waals surface area contributed by atoms with Gasteiger partial charge >= 0.3 is 0 Å². The van der Waals surface area contributed by atoms with E-state index in [1.807, 2.05) is 0 Å². The lowest BCUT2D eigenvalue weighted by atomic mass is 9.82. The molecule has 0 aromatic carbocycles. The van der Waals surface area contributed by atoms with E-state index in [0.717, 1.165) is 5.92 Å². The minimum Gasteiger partial charge on any atom is -0.0654 e. The second kappa shape index (κ2) is 13.4. The van der Waals surface area contributed by atoms with Gasteiger partial charge in [0.05, 0.1) is 0 Å². The van der Waals surface area contributed by atoms with Gasteiger partial charge in [0.2, 0.25) is 0 Å². The highest BCUT2D eigenvalue weighted by Crippen LogP contribution is 2.29. The Morgan fingerprint density at radius 3 is 1.61 bits per heavy atom. The largest absolute Gasteiger partial charge is 0.0654 e. The van der Waals surface area contributed by atoms with Crippen LogP contribution in [0.4, 0.5) is 0 Å². The highest BCUT2D eigenvalue weighted by molar-refractivity contribution is 4.93. The lowest BCUT2D eigenvalue weighted by Gasteiger charge is -2.23. The minimum absolute atomic E-state index is 0.917. The van der Waals surface area contributed by atoms with Gasteiger partial charge in [0, 0.05) is 0 Å². The second-order valence-electron chi connectivity index (χ2n) is 5.73. The van der Waals surface area contributed by atoms with Crippen molar-refractivity contribution >= 4 is 0 Å². The van der Waals surface area contributed by atoms with Crippen molar-refractivity contribution < 1.29 is 0 Å². The molecule has 18 heavy (non-hydrogen) atoms. The highest BCUT2D eigenvalue weighted by atomic mass is 14.2. The molecule has 0 fully saturated rings. The molecular formula is C18H37. The monoisotopic (exact) mass is 253 g/mol. The maximum absolute atomic E-state index is 2.36. The molecule has 0 amide bonds. The first kappa shape index (κ1) is 18.0. The van der Waals surface area contributed by atoms with Crippen LogP contribution in [-0.2, 0) is 0 Å². The van der Waals surface area contributed by atoms with Crippen molar-refractivity contribution in [1.82, 2.24) is 0 Å². The first-order valence-electron chi connectivity index (χ1n) is 8.64. The molecule has 1 unspecified atom stereocenters. The Morgan fingerprint density at radius 2 is 1.17 bits per heavy atom. The SMILES string of the molecule is CCCCCCCCCCC(CC)[C](CC)CC. The number of hydrogen-bond donors (Lipinski definition) is 0. The maximum atomic E-state index is 2.36. The van der Waals surface area contributed by atoms with Crippen molar-refractivity contribution in [2.45, 2.75) is 105 Å². The fourth-order valence-corrected chi connectivity index (χ4v) is 3.05. The van der Waals surface area contributed by atoms with Gasteiger partial charge in [-0.05, 0) is 31.1 Å². The third-order valence-corrected chi connectivity index (χ3v) is 4.38. The van der Waals surface area contributed by atoms with Crippen LogP contribution < -0.4 is 0 Å². The number of rotatable bonds is 13. The van der Waals surface area contributed by atoms with Crippen molar-refractivity contribution in [2.75, 3.05) is 0 Å². The molecule has 0 aliphatic heterocycles. The van der Waals surface area contributed by atoms with E-state index in [4.69, 9.17) is 0 Å². The molecule has 0 spiro atoms. The fourth-order valence-electron chi connectivity index (χ4n) is 3.05. The maximum Gasteiger partial charge on any atom is -0.0216 e. The minimum atomic E-state index is 0.917. The molecule has 109 valence electrons. The zero-order valence-electron chi connectivity index (χ0n) is 13.6. The molecule has 0 aromatic heterocycles. The van der Waals surface area contributed by atoms with E-state index in [1.54, 1.807) is 5.92 Å². The van der Waals surface area contributed by atoms with E-state index in [9.17, 15) is 0 Å². The average Bonchev–Trinajstić information content (AvgIpc) is 2.40. The number of unbranched alkanes of at least 4 members (excludes halogenated alkanes) is 7. The van der Waals surface area contributed by atoms with Crippen LogP contribution in [0.5, 0.6) is 0 Å². The van der Waals surface area contributed by atoms with Crippen LogP contribution >= 0.6 is 0 Å². The molecule has 0 N–H and O–H groups in total. The van der Waals surface area contributed by atoms with Crippen LogP contribution in [0.1, 0.15) is 105 Å². The third kappa shape index (κ3) is 9.00. The van der Waals surface area contributed by atoms with Crippen LogP contribution in [0.3, 0.4) is 0 Å². The van der Waals surface area contributed by atoms with Crippen molar-refractivity contribution in [3.05, 3.63) is 5.92 Å². The lowest BCUT2D eigenvalue weighted by Crippen LogP contribution is -2.10. The predicted octanol–water partition coefficient (Wildman–Crippen LogP) is 6.94. The Hall–Kier alpha value is 0. The summed E-state index contributed by atoms with van der Waals surface area (Å²) in [6.07, 6.45) is 17.0. The molecular weight excluding hydrogens is 216 g/mol. The summed E-state index contributed by atoms with van der Waals surface area (Å²) in [4.78, 5) is 0. The molecule has 0 nitrogen and oxygen atoms in total. The Labute approximate surface area is 117 Å². The summed E-state index contributed by atoms with van der Waals surface area (Å²) in [6, 6.07) is 0. The van der Waals surface area contributed by atoms with E-state index in [-0.39, 0.29) is 0 Å². The first-order valence-corrected chi connectivity index (χ1v) is 8.64. The Balaban J connectivity index is 3.45. The standard InChI is InChI=1S/C18H37/c1-5-9-10-11-12-13-14-15-16-18(8-4)17(6-2)7-3/h18H,5-16H2,1-4H3. The van der Waals surface area contributed by atoms with E-state index >= 15 is 0 Å². The van der Waals surface area contributed by atoms with Gasteiger partial charge in [0.25, 0.3) is 0 Å². The van der Waals surface area contributed by atoms with Crippen molar-refractivity contribution in [3.63, 3.8) is 0 Å². The third-order valence-electron chi connectivity index (χ3n) is 4.38. The molecule has 0 saturated carbocycles. The second-order valence-corrected chi connectivity index (χ2v) is 5.73. The van der Waals surface area contributed by atoms with Gasteiger partial charge in [0.15, 0.2) is 0 Å². The molecule has 0 saturated heterocycles. The van der Waals surface area contributed by atoms with Gasteiger partial charge in [-0.2, -0.15) is 0 Å². The quantitative estimate of drug-likeness (QED) is 0.312. The Bertz CT molecular complexity index is 146. The van der Waals surface area contributed by atoms with Gasteiger partial charge < -0.3 is 0 Å². The normalized spacial score (nSPS) is 13.2. The Kier molecular flexibility index (Phi) is 13.4. The number of hydrogen-bond acceptors (Lipinski definition) is 0. The fraction of sp³-hybridized carbons (Fsp3) is 0.944. The lowest BCUT2D eigenvalue weighted by molar-refractivity contribution is 0.423. The van der Waals surface area contributed by atoms with Gasteiger partial charge in [-0.25, -0.2) is 0 Å². The van der Waals surface area contributed by atoms with Gasteiger partial charge in [-0.3, -0.25) is 0 Å². The van der Waals surface area contributed by atoms with E-state index in [1.165, 1.54) is 77.0 Å².